The van der Waals surface area contributed by atoms with Gasteiger partial charge in [0.05, 0.1) is 16.2 Å². The number of rotatable bonds is 2. The lowest BCUT2D eigenvalue weighted by molar-refractivity contribution is -0.384. The van der Waals surface area contributed by atoms with E-state index in [1.54, 1.807) is 0 Å². The number of nitro benzene ring substituents is 1. The van der Waals surface area contributed by atoms with Gasteiger partial charge in [0.2, 0.25) is 5.89 Å². The molecule has 2 N–H and O–H groups in total. The number of hydrogen-bond donors (Lipinski definition) is 1. The second-order valence-electron chi connectivity index (χ2n) is 4.16. The van der Waals surface area contributed by atoms with Gasteiger partial charge >= 0.3 is 0 Å². The van der Waals surface area contributed by atoms with E-state index in [2.05, 4.69) is 4.98 Å². The van der Waals surface area contributed by atoms with Crippen LogP contribution in [0.1, 0.15) is 0 Å². The van der Waals surface area contributed by atoms with E-state index < -0.39 is 10.7 Å². The molecule has 0 spiro atoms. The van der Waals surface area contributed by atoms with E-state index in [-0.39, 0.29) is 17.3 Å². The number of nitrogens with two attached hydrogens (primary N) is 1. The second kappa shape index (κ2) is 4.30. The van der Waals surface area contributed by atoms with Gasteiger partial charge < -0.3 is 10.2 Å². The van der Waals surface area contributed by atoms with Crippen LogP contribution in [0.2, 0.25) is 0 Å². The van der Waals surface area contributed by atoms with Crippen molar-refractivity contribution in [1.82, 2.24) is 4.98 Å². The number of fused-ring (bicyclic) bond motifs is 1. The van der Waals surface area contributed by atoms with Crippen molar-refractivity contribution in [2.24, 2.45) is 0 Å². The van der Waals surface area contributed by atoms with Crippen LogP contribution in [0.4, 0.5) is 15.8 Å². The zero-order chi connectivity index (χ0) is 14.3. The number of nitrogen functional groups attached to an aromatic ring is 1. The van der Waals surface area contributed by atoms with Gasteiger partial charge in [0.1, 0.15) is 11.3 Å². The average Bonchev–Trinajstić information content (AvgIpc) is 2.80. The highest BCUT2D eigenvalue weighted by Crippen LogP contribution is 2.31. The Kier molecular flexibility index (Phi) is 2.60. The molecule has 100 valence electrons. The first-order valence-corrected chi connectivity index (χ1v) is 5.65. The number of halogens is 1. The van der Waals surface area contributed by atoms with E-state index in [1.807, 2.05) is 0 Å². The number of hydrogen-bond acceptors (Lipinski definition) is 5. The summed E-state index contributed by atoms with van der Waals surface area (Å²) >= 11 is 0. The van der Waals surface area contributed by atoms with Gasteiger partial charge in [-0.1, -0.05) is 0 Å². The Morgan fingerprint density at radius 1 is 1.25 bits per heavy atom. The fraction of sp³-hybridized carbons (Fsp3) is 0. The highest BCUT2D eigenvalue weighted by atomic mass is 19.1. The van der Waals surface area contributed by atoms with E-state index in [0.717, 1.165) is 0 Å². The van der Waals surface area contributed by atoms with E-state index in [0.29, 0.717) is 16.7 Å². The molecule has 0 atom stereocenters. The van der Waals surface area contributed by atoms with E-state index in [1.165, 1.54) is 36.4 Å². The first-order chi connectivity index (χ1) is 9.54. The third-order valence-electron chi connectivity index (χ3n) is 2.83. The highest BCUT2D eigenvalue weighted by Gasteiger charge is 2.15. The molecule has 3 aromatic rings. The molecular formula is C13H8FN3O3. The van der Waals surface area contributed by atoms with Gasteiger partial charge in [0.25, 0.3) is 5.69 Å². The first kappa shape index (κ1) is 12.1. The predicted octanol–water partition coefficient (Wildman–Crippen LogP) is 3.12. The van der Waals surface area contributed by atoms with Crippen LogP contribution in [0.3, 0.4) is 0 Å². The third kappa shape index (κ3) is 1.95. The SMILES string of the molecule is Nc1cc([N+](=O)[O-])ccc1-c1nc2cc(F)ccc2o1. The van der Waals surface area contributed by atoms with Crippen molar-refractivity contribution >= 4 is 22.5 Å². The minimum absolute atomic E-state index is 0.117. The smallest absolute Gasteiger partial charge is 0.271 e. The quantitative estimate of drug-likeness (QED) is 0.439. The molecule has 0 saturated heterocycles. The Morgan fingerprint density at radius 3 is 2.75 bits per heavy atom. The molecule has 7 heteroatoms. The maximum absolute atomic E-state index is 13.1. The Hall–Kier alpha value is -2.96. The first-order valence-electron chi connectivity index (χ1n) is 5.65. The summed E-state index contributed by atoms with van der Waals surface area (Å²) in [7, 11) is 0. The summed E-state index contributed by atoms with van der Waals surface area (Å²) in [5.41, 5.74) is 7.02. The molecule has 0 fully saturated rings. The number of non-ortho nitro benzene ring substituents is 1. The number of nitro groups is 1. The van der Waals surface area contributed by atoms with Crippen molar-refractivity contribution in [2.45, 2.75) is 0 Å². The van der Waals surface area contributed by atoms with Crippen molar-refractivity contribution in [3.8, 4) is 11.5 Å². The molecule has 0 aliphatic rings. The van der Waals surface area contributed by atoms with Crippen LogP contribution in [-0.4, -0.2) is 9.91 Å². The molecule has 0 aliphatic carbocycles. The Bertz CT molecular complexity index is 829. The number of oxazole rings is 1. The van der Waals surface area contributed by atoms with Gasteiger partial charge in [-0.2, -0.15) is 0 Å². The summed E-state index contributed by atoms with van der Waals surface area (Å²) < 4.78 is 18.6. The van der Waals surface area contributed by atoms with Gasteiger partial charge in [-0.25, -0.2) is 9.37 Å². The van der Waals surface area contributed by atoms with E-state index in [9.17, 15) is 14.5 Å². The normalized spacial score (nSPS) is 10.8. The summed E-state index contributed by atoms with van der Waals surface area (Å²) in [5.74, 6) is -0.230. The maximum atomic E-state index is 13.1. The van der Waals surface area contributed by atoms with Gasteiger partial charge in [-0.3, -0.25) is 10.1 Å². The van der Waals surface area contributed by atoms with Crippen LogP contribution < -0.4 is 5.73 Å². The monoisotopic (exact) mass is 273 g/mol. The topological polar surface area (TPSA) is 95.2 Å². The van der Waals surface area contributed by atoms with Crippen LogP contribution in [0, 0.1) is 15.9 Å². The molecule has 20 heavy (non-hydrogen) atoms. The van der Waals surface area contributed by atoms with Crippen LogP contribution in [-0.2, 0) is 0 Å². The van der Waals surface area contributed by atoms with Crippen molar-refractivity contribution in [3.63, 3.8) is 0 Å². The Balaban J connectivity index is 2.13. The van der Waals surface area contributed by atoms with E-state index in [4.69, 9.17) is 10.2 Å². The Morgan fingerprint density at radius 2 is 2.05 bits per heavy atom. The fourth-order valence-electron chi connectivity index (χ4n) is 1.87. The molecule has 0 radical (unpaired) electrons. The molecule has 1 heterocycles. The van der Waals surface area contributed by atoms with Gasteiger partial charge in [0.15, 0.2) is 5.58 Å². The second-order valence-corrected chi connectivity index (χ2v) is 4.16. The lowest BCUT2D eigenvalue weighted by Crippen LogP contribution is -1.94. The maximum Gasteiger partial charge on any atom is 0.271 e. The minimum atomic E-state index is -0.540. The summed E-state index contributed by atoms with van der Waals surface area (Å²) in [6.45, 7) is 0. The molecule has 0 bridgehead atoms. The number of anilines is 1. The van der Waals surface area contributed by atoms with E-state index >= 15 is 0 Å². The molecule has 0 saturated carbocycles. The fourth-order valence-corrected chi connectivity index (χ4v) is 1.87. The molecule has 3 rings (SSSR count). The number of benzene rings is 2. The van der Waals surface area contributed by atoms with Gasteiger partial charge in [0, 0.05) is 18.2 Å². The molecule has 6 nitrogen and oxygen atoms in total. The number of nitrogens with zero attached hydrogens (tertiary/aromatic N) is 2. The highest BCUT2D eigenvalue weighted by molar-refractivity contribution is 5.80. The molecule has 0 aliphatic heterocycles. The minimum Gasteiger partial charge on any atom is -0.436 e. The Labute approximate surface area is 111 Å². The van der Waals surface area contributed by atoms with Crippen molar-refractivity contribution in [3.05, 3.63) is 52.3 Å². The largest absolute Gasteiger partial charge is 0.436 e. The van der Waals surface area contributed by atoms with Gasteiger partial charge in [-0.05, 0) is 18.2 Å². The molecule has 2 aromatic carbocycles. The van der Waals surface area contributed by atoms with Crippen LogP contribution in [0.15, 0.2) is 40.8 Å². The summed E-state index contributed by atoms with van der Waals surface area (Å²) in [4.78, 5) is 14.2. The van der Waals surface area contributed by atoms with Crippen LogP contribution >= 0.6 is 0 Å². The lowest BCUT2D eigenvalue weighted by Gasteiger charge is -2.00. The van der Waals surface area contributed by atoms with Crippen molar-refractivity contribution in [2.75, 3.05) is 5.73 Å². The van der Waals surface area contributed by atoms with Crippen LogP contribution in [0.25, 0.3) is 22.6 Å². The van der Waals surface area contributed by atoms with Crippen molar-refractivity contribution < 1.29 is 13.7 Å². The molecule has 0 amide bonds. The summed E-state index contributed by atoms with van der Waals surface area (Å²) in [6, 6.07) is 7.95. The standard InChI is InChI=1S/C13H8FN3O3/c14-7-1-4-12-11(5-7)16-13(20-12)9-3-2-8(17(18)19)6-10(9)15/h1-6H,15H2. The van der Waals surface area contributed by atoms with Crippen molar-refractivity contribution in [1.29, 1.82) is 0 Å². The predicted molar refractivity (Wildman–Crippen MR) is 70.5 cm³/mol. The summed E-state index contributed by atoms with van der Waals surface area (Å²) in [6.07, 6.45) is 0. The molecule has 0 unspecified atom stereocenters. The molecule has 1 aromatic heterocycles. The zero-order valence-corrected chi connectivity index (χ0v) is 10.0. The zero-order valence-electron chi connectivity index (χ0n) is 10.0. The molecular weight excluding hydrogens is 265 g/mol. The summed E-state index contributed by atoms with van der Waals surface area (Å²) in [5, 5.41) is 10.6. The lowest BCUT2D eigenvalue weighted by atomic mass is 10.1. The average molecular weight is 273 g/mol. The number of aromatic nitrogens is 1. The van der Waals surface area contributed by atoms with Gasteiger partial charge in [-0.15, -0.1) is 0 Å². The van der Waals surface area contributed by atoms with Crippen LogP contribution in [0.5, 0.6) is 0 Å². The third-order valence-corrected chi connectivity index (χ3v) is 2.83.